The highest BCUT2D eigenvalue weighted by molar-refractivity contribution is 14.0. The molecule has 0 amide bonds. The predicted octanol–water partition coefficient (Wildman–Crippen LogP) is 3.55. The summed E-state index contributed by atoms with van der Waals surface area (Å²) in [5.41, 5.74) is 0. The van der Waals surface area contributed by atoms with Gasteiger partial charge in [0.15, 0.2) is 5.96 Å². The smallest absolute Gasteiger partial charge is 0.193 e. The van der Waals surface area contributed by atoms with Gasteiger partial charge in [0.05, 0.1) is 13.1 Å². The Morgan fingerprint density at radius 2 is 2.08 bits per heavy atom. The Bertz CT molecular complexity index is 663. The van der Waals surface area contributed by atoms with E-state index in [0.29, 0.717) is 25.4 Å². The van der Waals surface area contributed by atoms with Crippen LogP contribution in [-0.2, 0) is 13.0 Å². The first-order valence-electron chi connectivity index (χ1n) is 7.86. The number of guanidine groups is 1. The number of rotatable bonds is 7. The van der Waals surface area contributed by atoms with Gasteiger partial charge in [-0.2, -0.15) is 0 Å². The first-order valence-corrected chi connectivity index (χ1v) is 8.67. The summed E-state index contributed by atoms with van der Waals surface area (Å²) >= 11 is 1.71. The lowest BCUT2D eigenvalue weighted by atomic mass is 10.3. The summed E-state index contributed by atoms with van der Waals surface area (Å²) in [5, 5.41) is 4.34. The van der Waals surface area contributed by atoms with E-state index >= 15 is 0 Å². The minimum atomic E-state index is -0.266. The average Bonchev–Trinajstić information content (AvgIpc) is 3.05. The van der Waals surface area contributed by atoms with Gasteiger partial charge in [-0.15, -0.1) is 35.3 Å². The third-order valence-corrected chi connectivity index (χ3v) is 4.57. The summed E-state index contributed by atoms with van der Waals surface area (Å²) in [4.78, 5) is 11.9. The number of likely N-dealkylation sites (N-methyl/N-ethyl adjacent to an activating group) is 1. The number of hydrogen-bond donors (Lipinski definition) is 1. The molecule has 25 heavy (non-hydrogen) atoms. The van der Waals surface area contributed by atoms with Crippen molar-refractivity contribution in [1.82, 2.24) is 15.2 Å². The van der Waals surface area contributed by atoms with Crippen molar-refractivity contribution < 1.29 is 9.13 Å². The highest BCUT2D eigenvalue weighted by atomic mass is 127. The van der Waals surface area contributed by atoms with Gasteiger partial charge in [0.1, 0.15) is 23.2 Å². The molecule has 0 radical (unpaired) electrons. The van der Waals surface area contributed by atoms with Crippen molar-refractivity contribution in [2.24, 2.45) is 4.99 Å². The van der Waals surface area contributed by atoms with E-state index in [9.17, 15) is 4.39 Å². The quantitative estimate of drug-likeness (QED) is 0.376. The van der Waals surface area contributed by atoms with Crippen molar-refractivity contribution in [2.75, 3.05) is 27.2 Å². The Morgan fingerprint density at radius 3 is 2.68 bits per heavy atom. The molecule has 0 saturated carbocycles. The van der Waals surface area contributed by atoms with Crippen LogP contribution >= 0.6 is 35.3 Å². The molecule has 138 valence electrons. The number of benzene rings is 1. The van der Waals surface area contributed by atoms with Gasteiger partial charge in [0.25, 0.3) is 0 Å². The largest absolute Gasteiger partial charge is 0.492 e. The number of aliphatic imine (C=N–C) groups is 1. The van der Waals surface area contributed by atoms with Crippen molar-refractivity contribution in [2.45, 2.75) is 19.9 Å². The number of nitrogens with one attached hydrogen (secondary N) is 1. The number of aryl methyl sites for hydroxylation is 1. The zero-order valence-electron chi connectivity index (χ0n) is 14.7. The van der Waals surface area contributed by atoms with E-state index in [1.807, 2.05) is 18.1 Å². The van der Waals surface area contributed by atoms with E-state index < -0.39 is 0 Å². The van der Waals surface area contributed by atoms with Crippen LogP contribution in [0.15, 0.2) is 35.5 Å². The minimum Gasteiger partial charge on any atom is -0.492 e. The molecule has 0 atom stereocenters. The van der Waals surface area contributed by atoms with Gasteiger partial charge in [-0.25, -0.2) is 9.37 Å². The third-order valence-electron chi connectivity index (χ3n) is 3.43. The van der Waals surface area contributed by atoms with Crippen molar-refractivity contribution in [3.8, 4) is 5.75 Å². The fraction of sp³-hybridized carbons (Fsp3) is 0.412. The molecule has 0 saturated heterocycles. The Balaban J connectivity index is 0.00000312. The monoisotopic (exact) mass is 478 g/mol. The van der Waals surface area contributed by atoms with E-state index in [1.165, 1.54) is 17.0 Å². The van der Waals surface area contributed by atoms with Crippen LogP contribution < -0.4 is 10.1 Å². The normalized spacial score (nSPS) is 11.0. The second kappa shape index (κ2) is 11.2. The Labute approximate surface area is 169 Å². The lowest BCUT2D eigenvalue weighted by Crippen LogP contribution is -2.40. The van der Waals surface area contributed by atoms with Crippen LogP contribution in [0.5, 0.6) is 5.75 Å². The van der Waals surface area contributed by atoms with Crippen molar-refractivity contribution in [3.05, 3.63) is 46.2 Å². The van der Waals surface area contributed by atoms with Gasteiger partial charge in [0.2, 0.25) is 0 Å². The summed E-state index contributed by atoms with van der Waals surface area (Å²) in [6, 6.07) is 6.02. The van der Waals surface area contributed by atoms with Crippen LogP contribution in [0.4, 0.5) is 4.39 Å². The number of aromatic nitrogens is 1. The van der Waals surface area contributed by atoms with Crippen LogP contribution in [0.1, 0.15) is 16.8 Å². The van der Waals surface area contributed by atoms with Crippen molar-refractivity contribution >= 4 is 41.3 Å². The summed E-state index contributed by atoms with van der Waals surface area (Å²) in [7, 11) is 3.70. The van der Waals surface area contributed by atoms with E-state index in [1.54, 1.807) is 30.5 Å². The summed E-state index contributed by atoms with van der Waals surface area (Å²) in [6.45, 7) is 3.92. The van der Waals surface area contributed by atoms with Gasteiger partial charge < -0.3 is 15.0 Å². The molecule has 0 aliphatic heterocycles. The molecule has 0 fully saturated rings. The molecule has 0 spiro atoms. The van der Waals surface area contributed by atoms with Crippen LogP contribution in [0.25, 0.3) is 0 Å². The van der Waals surface area contributed by atoms with E-state index in [0.717, 1.165) is 17.4 Å². The molecule has 0 unspecified atom stereocenters. The van der Waals surface area contributed by atoms with Crippen LogP contribution in [0, 0.1) is 5.82 Å². The lowest BCUT2D eigenvalue weighted by Gasteiger charge is -2.21. The molecule has 1 heterocycles. The molecule has 1 N–H and O–H groups in total. The van der Waals surface area contributed by atoms with E-state index in [4.69, 9.17) is 4.74 Å². The van der Waals surface area contributed by atoms with Gasteiger partial charge in [-0.1, -0.05) is 6.92 Å². The fourth-order valence-electron chi connectivity index (χ4n) is 2.07. The Morgan fingerprint density at radius 1 is 1.36 bits per heavy atom. The number of thiazole rings is 1. The molecule has 0 aliphatic rings. The van der Waals surface area contributed by atoms with E-state index in [-0.39, 0.29) is 29.8 Å². The van der Waals surface area contributed by atoms with Crippen LogP contribution in [0.2, 0.25) is 0 Å². The van der Waals surface area contributed by atoms with Crippen molar-refractivity contribution in [3.63, 3.8) is 0 Å². The number of nitrogens with zero attached hydrogens (tertiary/aromatic N) is 3. The van der Waals surface area contributed by atoms with Gasteiger partial charge >= 0.3 is 0 Å². The Kier molecular flexibility index (Phi) is 9.73. The van der Waals surface area contributed by atoms with Crippen molar-refractivity contribution in [1.29, 1.82) is 0 Å². The van der Waals surface area contributed by atoms with E-state index in [2.05, 4.69) is 22.2 Å². The number of ether oxygens (including phenoxy) is 1. The molecule has 0 aliphatic carbocycles. The molecular formula is C17H24FIN4OS. The zero-order chi connectivity index (χ0) is 17.4. The maximum absolute atomic E-state index is 12.8. The molecule has 1 aromatic heterocycles. The van der Waals surface area contributed by atoms with Gasteiger partial charge in [-0.05, 0) is 30.7 Å². The maximum atomic E-state index is 12.8. The molecule has 0 bridgehead atoms. The summed E-state index contributed by atoms with van der Waals surface area (Å²) in [6.07, 6.45) is 2.93. The van der Waals surface area contributed by atoms with Crippen LogP contribution in [0.3, 0.4) is 0 Å². The predicted molar refractivity (Wildman–Crippen MR) is 112 cm³/mol. The molecule has 2 aromatic rings. The van der Waals surface area contributed by atoms with Crippen LogP contribution in [-0.4, -0.2) is 43.1 Å². The number of halogens is 2. The van der Waals surface area contributed by atoms with Gasteiger partial charge in [0, 0.05) is 25.2 Å². The molecular weight excluding hydrogens is 454 g/mol. The molecule has 5 nitrogen and oxygen atoms in total. The standard InChI is InChI=1S/C17H23FN4OS.HI/c1-4-15-11-20-16(24-15)12-21-17(19-2)22(3)9-10-23-14-7-5-13(18)6-8-14;/h5-8,11H,4,9-10,12H2,1-3H3,(H,19,21);1H. The zero-order valence-corrected chi connectivity index (χ0v) is 17.8. The summed E-state index contributed by atoms with van der Waals surface area (Å²) < 4.78 is 18.5. The summed E-state index contributed by atoms with van der Waals surface area (Å²) in [5.74, 6) is 1.17. The number of hydrogen-bond acceptors (Lipinski definition) is 4. The highest BCUT2D eigenvalue weighted by Gasteiger charge is 2.07. The SMILES string of the molecule is CCc1cnc(CNC(=NC)N(C)CCOc2ccc(F)cc2)s1.I. The minimum absolute atomic E-state index is 0. The lowest BCUT2D eigenvalue weighted by molar-refractivity contribution is 0.281. The van der Waals surface area contributed by atoms with Gasteiger partial charge in [-0.3, -0.25) is 4.99 Å². The third kappa shape index (κ3) is 7.15. The first-order chi connectivity index (χ1) is 11.6. The topological polar surface area (TPSA) is 49.8 Å². The first kappa shape index (κ1) is 21.6. The second-order valence-corrected chi connectivity index (χ2v) is 6.40. The molecule has 8 heteroatoms. The average molecular weight is 478 g/mol. The molecule has 1 aromatic carbocycles. The fourth-order valence-corrected chi connectivity index (χ4v) is 2.87. The second-order valence-electron chi connectivity index (χ2n) is 5.20. The Hall–Kier alpha value is -1.42. The molecule has 2 rings (SSSR count). The maximum Gasteiger partial charge on any atom is 0.193 e. The highest BCUT2D eigenvalue weighted by Crippen LogP contribution is 2.13.